The first-order valence-corrected chi connectivity index (χ1v) is 6.78. The van der Waals surface area contributed by atoms with Crippen molar-refractivity contribution in [1.29, 1.82) is 0 Å². The Kier molecular flexibility index (Phi) is 7.77. The van der Waals surface area contributed by atoms with E-state index in [1.54, 1.807) is 0 Å². The molecule has 0 saturated carbocycles. The van der Waals surface area contributed by atoms with Gasteiger partial charge in [0.2, 0.25) is 0 Å². The molecule has 0 aromatic carbocycles. The lowest BCUT2D eigenvalue weighted by Crippen LogP contribution is -2.45. The zero-order chi connectivity index (χ0) is 12.5. The number of nitrogens with one attached hydrogen (secondary N) is 1. The van der Waals surface area contributed by atoms with E-state index >= 15 is 0 Å². The zero-order valence-corrected chi connectivity index (χ0v) is 11.6. The lowest BCUT2D eigenvalue weighted by molar-refractivity contribution is -0.0711. The Labute approximate surface area is 106 Å². The molecule has 0 unspecified atom stereocenters. The van der Waals surface area contributed by atoms with Crippen LogP contribution < -0.4 is 5.32 Å². The summed E-state index contributed by atoms with van der Waals surface area (Å²) < 4.78 is 11.4. The van der Waals surface area contributed by atoms with Crippen LogP contribution in [0.2, 0.25) is 0 Å². The second-order valence-corrected chi connectivity index (χ2v) is 5.18. The largest absolute Gasteiger partial charge is 0.379 e. The molecule has 0 aromatic rings. The summed E-state index contributed by atoms with van der Waals surface area (Å²) in [5, 5.41) is 3.12. The average Bonchev–Trinajstić information content (AvgIpc) is 2.28. The van der Waals surface area contributed by atoms with E-state index in [2.05, 4.69) is 24.1 Å². The minimum atomic E-state index is 0.261. The Balaban J connectivity index is 2.08. The van der Waals surface area contributed by atoms with Gasteiger partial charge in [-0.15, -0.1) is 0 Å². The molecule has 1 fully saturated rings. The third-order valence-corrected chi connectivity index (χ3v) is 2.87. The summed E-state index contributed by atoms with van der Waals surface area (Å²) in [7, 11) is 1.97. The van der Waals surface area contributed by atoms with Gasteiger partial charge in [-0.2, -0.15) is 0 Å². The fourth-order valence-electron chi connectivity index (χ4n) is 2.13. The van der Waals surface area contributed by atoms with Gasteiger partial charge in [0.25, 0.3) is 0 Å². The van der Waals surface area contributed by atoms with Crippen molar-refractivity contribution in [1.82, 2.24) is 10.2 Å². The fraction of sp³-hybridized carbons (Fsp3) is 1.00. The van der Waals surface area contributed by atoms with Crippen LogP contribution in [0.1, 0.15) is 20.3 Å². The summed E-state index contributed by atoms with van der Waals surface area (Å²) in [6.45, 7) is 11.2. The minimum absolute atomic E-state index is 0.261. The summed E-state index contributed by atoms with van der Waals surface area (Å²) in [5.41, 5.74) is 0. The Bertz CT molecular complexity index is 188. The molecule has 1 heterocycles. The van der Waals surface area contributed by atoms with Crippen LogP contribution >= 0.6 is 0 Å². The van der Waals surface area contributed by atoms with Crippen LogP contribution in [0.25, 0.3) is 0 Å². The molecule has 0 radical (unpaired) electrons. The van der Waals surface area contributed by atoms with Crippen LogP contribution in [0, 0.1) is 5.92 Å². The van der Waals surface area contributed by atoms with E-state index in [4.69, 9.17) is 9.47 Å². The van der Waals surface area contributed by atoms with Gasteiger partial charge in [0.05, 0.1) is 19.3 Å². The highest BCUT2D eigenvalue weighted by Crippen LogP contribution is 2.08. The lowest BCUT2D eigenvalue weighted by Gasteiger charge is -2.33. The van der Waals surface area contributed by atoms with Gasteiger partial charge in [-0.1, -0.05) is 13.8 Å². The van der Waals surface area contributed by atoms with Gasteiger partial charge >= 0.3 is 0 Å². The molecule has 0 spiro atoms. The summed E-state index contributed by atoms with van der Waals surface area (Å²) in [4.78, 5) is 2.48. The van der Waals surface area contributed by atoms with Crippen molar-refractivity contribution in [3.8, 4) is 0 Å². The van der Waals surface area contributed by atoms with E-state index in [0.29, 0.717) is 0 Å². The Morgan fingerprint density at radius 2 is 2.29 bits per heavy atom. The number of hydrogen-bond acceptors (Lipinski definition) is 4. The molecule has 4 heteroatoms. The highest BCUT2D eigenvalue weighted by molar-refractivity contribution is 4.72. The van der Waals surface area contributed by atoms with E-state index in [9.17, 15) is 0 Å². The molecule has 1 atom stereocenters. The normalized spacial score (nSPS) is 22.2. The van der Waals surface area contributed by atoms with Crippen molar-refractivity contribution in [3.63, 3.8) is 0 Å². The van der Waals surface area contributed by atoms with E-state index in [0.717, 1.165) is 51.8 Å². The van der Waals surface area contributed by atoms with Crippen LogP contribution in [-0.2, 0) is 9.47 Å². The summed E-state index contributed by atoms with van der Waals surface area (Å²) in [6, 6.07) is 0. The monoisotopic (exact) mass is 244 g/mol. The van der Waals surface area contributed by atoms with Gasteiger partial charge in [-0.3, -0.25) is 4.90 Å². The van der Waals surface area contributed by atoms with Crippen LogP contribution in [0.4, 0.5) is 0 Å². The third kappa shape index (κ3) is 6.99. The number of ether oxygens (including phenoxy) is 2. The number of nitrogens with zero attached hydrogens (tertiary/aromatic N) is 1. The molecule has 0 aliphatic carbocycles. The molecule has 1 aliphatic rings. The summed E-state index contributed by atoms with van der Waals surface area (Å²) in [5.74, 6) is 0.727. The van der Waals surface area contributed by atoms with Crippen molar-refractivity contribution in [2.24, 2.45) is 5.92 Å². The molecule has 4 nitrogen and oxygen atoms in total. The molecule has 1 N–H and O–H groups in total. The van der Waals surface area contributed by atoms with Crippen LogP contribution in [0.3, 0.4) is 0 Å². The summed E-state index contributed by atoms with van der Waals surface area (Å²) in [6.07, 6.45) is 1.33. The first kappa shape index (κ1) is 14.9. The topological polar surface area (TPSA) is 33.7 Å². The molecule has 0 bridgehead atoms. The van der Waals surface area contributed by atoms with Crippen molar-refractivity contribution in [2.75, 3.05) is 53.0 Å². The number of rotatable bonds is 8. The molecule has 1 aliphatic heterocycles. The maximum absolute atomic E-state index is 5.71. The van der Waals surface area contributed by atoms with Gasteiger partial charge in [0.1, 0.15) is 0 Å². The molecule has 102 valence electrons. The molecular weight excluding hydrogens is 216 g/mol. The van der Waals surface area contributed by atoms with Crippen molar-refractivity contribution >= 4 is 0 Å². The molecule has 17 heavy (non-hydrogen) atoms. The maximum atomic E-state index is 5.71. The molecule has 1 saturated heterocycles. The molecule has 1 rings (SSSR count). The number of morpholine rings is 1. The average molecular weight is 244 g/mol. The number of hydrogen-bond donors (Lipinski definition) is 1. The first-order chi connectivity index (χ1) is 8.22. The van der Waals surface area contributed by atoms with Crippen molar-refractivity contribution in [3.05, 3.63) is 0 Å². The molecule has 0 amide bonds. The van der Waals surface area contributed by atoms with Gasteiger partial charge in [0, 0.05) is 26.2 Å². The second kappa shape index (κ2) is 8.86. The van der Waals surface area contributed by atoms with E-state index < -0.39 is 0 Å². The smallest absolute Gasteiger partial charge is 0.0935 e. The van der Waals surface area contributed by atoms with E-state index in [1.165, 1.54) is 6.54 Å². The van der Waals surface area contributed by atoms with Crippen molar-refractivity contribution in [2.45, 2.75) is 26.4 Å². The molecular formula is C13H28N2O2. The third-order valence-electron chi connectivity index (χ3n) is 2.87. The van der Waals surface area contributed by atoms with E-state index in [1.807, 2.05) is 7.05 Å². The quantitative estimate of drug-likeness (QED) is 0.645. The predicted octanol–water partition coefficient (Wildman–Crippen LogP) is 0.969. The standard InChI is InChI=1S/C13H28N2O2/c1-12(2)9-15-6-8-17-13(10-15)11-16-7-4-5-14-3/h12-14H,4-11H2,1-3H3/t13-/m0/s1. The van der Waals surface area contributed by atoms with Gasteiger partial charge in [0.15, 0.2) is 0 Å². The Morgan fingerprint density at radius 1 is 1.47 bits per heavy atom. The molecule has 0 aromatic heterocycles. The zero-order valence-electron chi connectivity index (χ0n) is 11.6. The predicted molar refractivity (Wildman–Crippen MR) is 70.4 cm³/mol. The Hall–Kier alpha value is -0.160. The lowest BCUT2D eigenvalue weighted by atomic mass is 10.2. The van der Waals surface area contributed by atoms with Gasteiger partial charge < -0.3 is 14.8 Å². The van der Waals surface area contributed by atoms with Crippen LogP contribution in [-0.4, -0.2) is 64.1 Å². The summed E-state index contributed by atoms with van der Waals surface area (Å²) >= 11 is 0. The minimum Gasteiger partial charge on any atom is -0.379 e. The van der Waals surface area contributed by atoms with Crippen molar-refractivity contribution < 1.29 is 9.47 Å². The Morgan fingerprint density at radius 3 is 3.00 bits per heavy atom. The van der Waals surface area contributed by atoms with Gasteiger partial charge in [-0.05, 0) is 25.9 Å². The SMILES string of the molecule is CNCCCOC[C@@H]1CN(CC(C)C)CCO1. The first-order valence-electron chi connectivity index (χ1n) is 6.78. The highest BCUT2D eigenvalue weighted by Gasteiger charge is 2.20. The maximum Gasteiger partial charge on any atom is 0.0935 e. The van der Waals surface area contributed by atoms with Crippen LogP contribution in [0.15, 0.2) is 0 Å². The fourth-order valence-corrected chi connectivity index (χ4v) is 2.13. The second-order valence-electron chi connectivity index (χ2n) is 5.18. The van der Waals surface area contributed by atoms with E-state index in [-0.39, 0.29) is 6.10 Å². The van der Waals surface area contributed by atoms with Crippen LogP contribution in [0.5, 0.6) is 0 Å². The highest BCUT2D eigenvalue weighted by atomic mass is 16.5. The van der Waals surface area contributed by atoms with Gasteiger partial charge in [-0.25, -0.2) is 0 Å².